The number of carbonyl (C=O) groups excluding carboxylic acids is 1. The van der Waals surface area contributed by atoms with E-state index in [1.54, 1.807) is 6.92 Å². The maximum absolute atomic E-state index is 11.6. The zero-order chi connectivity index (χ0) is 23.1. The molecule has 0 aromatic rings. The first-order valence-electron chi connectivity index (χ1n) is 10.1. The number of aliphatic hydroxyl groups excluding tert-OH is 6. The summed E-state index contributed by atoms with van der Waals surface area (Å²) in [5.41, 5.74) is 0. The third kappa shape index (κ3) is 6.77. The van der Waals surface area contributed by atoms with E-state index >= 15 is 0 Å². The number of esters is 1. The van der Waals surface area contributed by atoms with E-state index in [1.807, 2.05) is 0 Å². The molecule has 2 heterocycles. The van der Waals surface area contributed by atoms with Gasteiger partial charge in [-0.15, -0.1) is 0 Å². The van der Waals surface area contributed by atoms with Gasteiger partial charge in [0, 0.05) is 11.8 Å². The number of alkyl halides is 1. The molecule has 0 aromatic carbocycles. The molecule has 6 N–H and O–H groups in total. The van der Waals surface area contributed by atoms with Crippen LogP contribution in [-0.2, 0) is 28.5 Å². The summed E-state index contributed by atoms with van der Waals surface area (Å²) >= 11 is 3.18. The summed E-state index contributed by atoms with van der Waals surface area (Å²) in [7, 11) is 0. The van der Waals surface area contributed by atoms with Crippen molar-refractivity contribution in [3.63, 3.8) is 0 Å². The lowest BCUT2D eigenvalue weighted by Gasteiger charge is -2.46. The summed E-state index contributed by atoms with van der Waals surface area (Å²) in [4.78, 5) is 11.6. The van der Waals surface area contributed by atoms with Crippen LogP contribution in [0.3, 0.4) is 0 Å². The highest BCUT2D eigenvalue weighted by atomic mass is 79.9. The van der Waals surface area contributed by atoms with Gasteiger partial charge in [0.2, 0.25) is 0 Å². The summed E-state index contributed by atoms with van der Waals surface area (Å²) < 4.78 is 26.9. The van der Waals surface area contributed by atoms with Crippen LogP contribution >= 0.6 is 15.9 Å². The van der Waals surface area contributed by atoms with E-state index < -0.39 is 74.0 Å². The number of aliphatic hydroxyl groups is 6. The molecule has 0 radical (unpaired) electrons. The second-order valence-corrected chi connectivity index (χ2v) is 8.02. The first kappa shape index (κ1) is 26.8. The molecule has 12 nitrogen and oxygen atoms in total. The van der Waals surface area contributed by atoms with Crippen molar-refractivity contribution in [3.05, 3.63) is 0 Å². The first-order chi connectivity index (χ1) is 14.7. The maximum Gasteiger partial charge on any atom is 0.305 e. The quantitative estimate of drug-likeness (QED) is 0.131. The van der Waals surface area contributed by atoms with E-state index in [4.69, 9.17) is 23.7 Å². The normalized spacial score (nSPS) is 41.2. The fourth-order valence-electron chi connectivity index (χ4n) is 3.41. The van der Waals surface area contributed by atoms with Crippen molar-refractivity contribution in [2.24, 2.45) is 0 Å². The zero-order valence-corrected chi connectivity index (χ0v) is 18.6. The lowest BCUT2D eigenvalue weighted by Crippen LogP contribution is -2.64. The van der Waals surface area contributed by atoms with E-state index in [2.05, 4.69) is 15.9 Å². The van der Waals surface area contributed by atoms with Crippen LogP contribution in [0, 0.1) is 0 Å². The Hall–Kier alpha value is -0.450. The lowest BCUT2D eigenvalue weighted by atomic mass is 9.95. The standard InChI is InChI=1S/C18H31BrO12/c1-2-27-10(21)4-3-8-11(22)13(24)15(26)17(29-8)31-16-14(25)12(23)9(7-20)30-18(16)28-6-5-19/h8-9,11-18,20,22-26H,2-7H2,1H3/t8?,9?,11-,12-,13?,14?,15?,16?,17-,18+/m1/s1. The Balaban J connectivity index is 2.11. The van der Waals surface area contributed by atoms with Crippen LogP contribution in [0.4, 0.5) is 0 Å². The van der Waals surface area contributed by atoms with Crippen LogP contribution in [0.2, 0.25) is 0 Å². The molecule has 2 fully saturated rings. The highest BCUT2D eigenvalue weighted by Crippen LogP contribution is 2.30. The molecule has 2 aliphatic heterocycles. The molecule has 2 rings (SSSR count). The van der Waals surface area contributed by atoms with Crippen LogP contribution in [0.15, 0.2) is 0 Å². The molecule has 31 heavy (non-hydrogen) atoms. The van der Waals surface area contributed by atoms with E-state index in [1.165, 1.54) is 0 Å². The van der Waals surface area contributed by atoms with Gasteiger partial charge < -0.3 is 54.3 Å². The van der Waals surface area contributed by atoms with Gasteiger partial charge in [0.05, 0.1) is 25.9 Å². The number of halogens is 1. The van der Waals surface area contributed by atoms with Gasteiger partial charge in [0.15, 0.2) is 12.6 Å². The van der Waals surface area contributed by atoms with Crippen LogP contribution in [0.1, 0.15) is 19.8 Å². The number of hydrogen-bond donors (Lipinski definition) is 6. The molecule has 2 aliphatic rings. The van der Waals surface area contributed by atoms with Gasteiger partial charge in [-0.25, -0.2) is 0 Å². The van der Waals surface area contributed by atoms with Crippen LogP contribution < -0.4 is 0 Å². The Kier molecular flexibility index (Phi) is 11.0. The second-order valence-electron chi connectivity index (χ2n) is 7.23. The summed E-state index contributed by atoms with van der Waals surface area (Å²) in [6.07, 6.45) is -14.4. The minimum absolute atomic E-state index is 0.0217. The summed E-state index contributed by atoms with van der Waals surface area (Å²) in [5, 5.41) is 61.1. The Morgan fingerprint density at radius 1 is 0.935 bits per heavy atom. The average Bonchev–Trinajstić information content (AvgIpc) is 2.75. The van der Waals surface area contributed by atoms with Gasteiger partial charge in [-0.2, -0.15) is 0 Å². The van der Waals surface area contributed by atoms with Gasteiger partial charge in [-0.1, -0.05) is 15.9 Å². The number of rotatable bonds is 10. The van der Waals surface area contributed by atoms with E-state index in [0.717, 1.165) is 0 Å². The molecular weight excluding hydrogens is 488 g/mol. The first-order valence-corrected chi connectivity index (χ1v) is 11.2. The van der Waals surface area contributed by atoms with E-state index in [9.17, 15) is 35.4 Å². The molecule has 182 valence electrons. The Labute approximate surface area is 187 Å². The van der Waals surface area contributed by atoms with Gasteiger partial charge in [0.1, 0.15) is 42.7 Å². The van der Waals surface area contributed by atoms with Crippen molar-refractivity contribution in [2.75, 3.05) is 25.2 Å². The molecular formula is C18H31BrO12. The molecule has 0 amide bonds. The SMILES string of the molecule is CCOC(=O)CCC1O[C@H](OC2C(O)[C@H](O)C(CO)O[C@@H]2OCCBr)C(O)C(O)[C@@H]1O. The molecule has 0 aliphatic carbocycles. The average molecular weight is 519 g/mol. The van der Waals surface area contributed by atoms with E-state index in [0.29, 0.717) is 5.33 Å². The Morgan fingerprint density at radius 3 is 2.19 bits per heavy atom. The summed E-state index contributed by atoms with van der Waals surface area (Å²) in [6, 6.07) is 0. The monoisotopic (exact) mass is 518 g/mol. The minimum Gasteiger partial charge on any atom is -0.466 e. The van der Waals surface area contributed by atoms with Crippen LogP contribution in [0.25, 0.3) is 0 Å². The predicted molar refractivity (Wildman–Crippen MR) is 105 cm³/mol. The molecule has 6 unspecified atom stereocenters. The lowest BCUT2D eigenvalue weighted by molar-refractivity contribution is -0.365. The molecule has 0 spiro atoms. The molecule has 13 heteroatoms. The van der Waals surface area contributed by atoms with Crippen LogP contribution in [-0.4, -0.2) is 123 Å². The van der Waals surface area contributed by atoms with Crippen molar-refractivity contribution in [2.45, 2.75) is 81.2 Å². The summed E-state index contributed by atoms with van der Waals surface area (Å²) in [5.74, 6) is -0.520. The Morgan fingerprint density at radius 2 is 1.58 bits per heavy atom. The van der Waals surface area contributed by atoms with Crippen molar-refractivity contribution < 1.29 is 59.1 Å². The zero-order valence-electron chi connectivity index (χ0n) is 17.0. The third-order valence-electron chi connectivity index (χ3n) is 5.08. The maximum atomic E-state index is 11.6. The highest BCUT2D eigenvalue weighted by Gasteiger charge is 2.50. The summed E-state index contributed by atoms with van der Waals surface area (Å²) in [6.45, 7) is 1.40. The largest absolute Gasteiger partial charge is 0.466 e. The second kappa shape index (κ2) is 12.7. The number of carbonyl (C=O) groups is 1. The van der Waals surface area contributed by atoms with Gasteiger partial charge in [-0.05, 0) is 13.3 Å². The molecule has 2 saturated heterocycles. The van der Waals surface area contributed by atoms with Crippen molar-refractivity contribution in [3.8, 4) is 0 Å². The highest BCUT2D eigenvalue weighted by molar-refractivity contribution is 9.09. The minimum atomic E-state index is -1.70. The third-order valence-corrected chi connectivity index (χ3v) is 5.41. The molecule has 0 bridgehead atoms. The number of hydrogen-bond acceptors (Lipinski definition) is 12. The van der Waals surface area contributed by atoms with Crippen molar-refractivity contribution >= 4 is 21.9 Å². The van der Waals surface area contributed by atoms with Crippen LogP contribution in [0.5, 0.6) is 0 Å². The number of ether oxygens (including phenoxy) is 5. The fourth-order valence-corrected chi connectivity index (χ4v) is 3.60. The van der Waals surface area contributed by atoms with Crippen molar-refractivity contribution in [1.82, 2.24) is 0 Å². The predicted octanol–water partition coefficient (Wildman–Crippen LogP) is -2.63. The van der Waals surface area contributed by atoms with Gasteiger partial charge in [-0.3, -0.25) is 4.79 Å². The molecule has 0 saturated carbocycles. The molecule has 0 aromatic heterocycles. The topological polar surface area (TPSA) is 185 Å². The molecule has 10 atom stereocenters. The van der Waals surface area contributed by atoms with E-state index in [-0.39, 0.29) is 26.1 Å². The Bertz CT molecular complexity index is 554. The van der Waals surface area contributed by atoms with Crippen molar-refractivity contribution in [1.29, 1.82) is 0 Å². The fraction of sp³-hybridized carbons (Fsp3) is 0.944. The van der Waals surface area contributed by atoms with Gasteiger partial charge in [0.25, 0.3) is 0 Å². The van der Waals surface area contributed by atoms with Gasteiger partial charge >= 0.3 is 5.97 Å². The smallest absolute Gasteiger partial charge is 0.305 e.